The average Bonchev–Trinajstić information content (AvgIpc) is 2.40. The Morgan fingerprint density at radius 3 is 2.60 bits per heavy atom. The van der Waals surface area contributed by atoms with E-state index >= 15 is 0 Å². The minimum absolute atomic E-state index is 0.0799. The summed E-state index contributed by atoms with van der Waals surface area (Å²) in [6.07, 6.45) is 0.685. The van der Waals surface area contributed by atoms with Crippen molar-refractivity contribution >= 4 is 11.9 Å². The van der Waals surface area contributed by atoms with Gasteiger partial charge < -0.3 is 15.1 Å². The summed E-state index contributed by atoms with van der Waals surface area (Å²) < 4.78 is 26.0. The molecule has 1 N–H and O–H groups in total. The van der Waals surface area contributed by atoms with E-state index in [1.165, 1.54) is 4.90 Å². The van der Waals surface area contributed by atoms with Gasteiger partial charge in [0.15, 0.2) is 0 Å². The Labute approximate surface area is 117 Å². The molecule has 5 nitrogen and oxygen atoms in total. The third-order valence-electron chi connectivity index (χ3n) is 4.12. The van der Waals surface area contributed by atoms with Crippen LogP contribution in [0.15, 0.2) is 0 Å². The lowest BCUT2D eigenvalue weighted by molar-refractivity contribution is -0.133. The standard InChI is InChI=1S/C13H21F2N3O2/c1-17-6-7-18(9-11(17)19)12(20)16-8-10-2-4-13(14,15)5-3-10/h10H,2-9H2,1H3,(H,16,20). The molecule has 0 bridgehead atoms. The summed E-state index contributed by atoms with van der Waals surface area (Å²) in [5.41, 5.74) is 0. The zero-order valence-corrected chi connectivity index (χ0v) is 11.7. The van der Waals surface area contributed by atoms with E-state index < -0.39 is 5.92 Å². The molecule has 1 aliphatic carbocycles. The van der Waals surface area contributed by atoms with E-state index in [9.17, 15) is 18.4 Å². The molecule has 1 saturated heterocycles. The molecule has 7 heteroatoms. The fourth-order valence-electron chi connectivity index (χ4n) is 2.58. The fourth-order valence-corrected chi connectivity index (χ4v) is 2.58. The molecule has 2 aliphatic rings. The zero-order valence-electron chi connectivity index (χ0n) is 11.7. The number of rotatable bonds is 2. The minimum atomic E-state index is -2.54. The molecule has 20 heavy (non-hydrogen) atoms. The maximum absolute atomic E-state index is 13.0. The van der Waals surface area contributed by atoms with E-state index in [2.05, 4.69) is 5.32 Å². The lowest BCUT2D eigenvalue weighted by atomic mass is 9.87. The van der Waals surface area contributed by atoms with E-state index in [-0.39, 0.29) is 37.2 Å². The highest BCUT2D eigenvalue weighted by Crippen LogP contribution is 2.35. The van der Waals surface area contributed by atoms with Crippen LogP contribution in [0.1, 0.15) is 25.7 Å². The quantitative estimate of drug-likeness (QED) is 0.833. The van der Waals surface area contributed by atoms with Gasteiger partial charge in [-0.1, -0.05) is 0 Å². The Morgan fingerprint density at radius 2 is 2.00 bits per heavy atom. The molecule has 0 aromatic heterocycles. The molecule has 1 aliphatic heterocycles. The number of carbonyl (C=O) groups is 2. The second-order valence-electron chi connectivity index (χ2n) is 5.72. The zero-order chi connectivity index (χ0) is 14.8. The molecule has 0 aromatic carbocycles. The van der Waals surface area contributed by atoms with Crippen LogP contribution in [0.2, 0.25) is 0 Å². The van der Waals surface area contributed by atoms with Crippen molar-refractivity contribution in [2.75, 3.05) is 33.2 Å². The Morgan fingerprint density at radius 1 is 1.35 bits per heavy atom. The van der Waals surface area contributed by atoms with E-state index in [1.54, 1.807) is 11.9 Å². The van der Waals surface area contributed by atoms with Crippen molar-refractivity contribution in [2.45, 2.75) is 31.6 Å². The molecule has 0 spiro atoms. The molecule has 1 heterocycles. The Bertz CT molecular complexity index is 380. The molecule has 0 aromatic rings. The number of nitrogens with zero attached hydrogens (tertiary/aromatic N) is 2. The average molecular weight is 289 g/mol. The molecule has 2 fully saturated rings. The van der Waals surface area contributed by atoms with Crippen LogP contribution < -0.4 is 5.32 Å². The van der Waals surface area contributed by atoms with Crippen LogP contribution in [0.3, 0.4) is 0 Å². The summed E-state index contributed by atoms with van der Waals surface area (Å²) in [7, 11) is 1.71. The van der Waals surface area contributed by atoms with Crippen molar-refractivity contribution in [2.24, 2.45) is 5.92 Å². The van der Waals surface area contributed by atoms with Crippen LogP contribution in [0, 0.1) is 5.92 Å². The molecule has 114 valence electrons. The van der Waals surface area contributed by atoms with E-state index in [0.717, 1.165) is 0 Å². The summed E-state index contributed by atoms with van der Waals surface area (Å²) in [4.78, 5) is 26.5. The number of alkyl halides is 2. The van der Waals surface area contributed by atoms with Gasteiger partial charge in [0.1, 0.15) is 6.54 Å². The maximum atomic E-state index is 13.0. The van der Waals surface area contributed by atoms with Gasteiger partial charge in [0.05, 0.1) is 0 Å². The first kappa shape index (κ1) is 15.0. The van der Waals surface area contributed by atoms with Gasteiger partial charge in [-0.3, -0.25) is 4.79 Å². The lowest BCUT2D eigenvalue weighted by Gasteiger charge is -2.33. The summed E-state index contributed by atoms with van der Waals surface area (Å²) >= 11 is 0. The van der Waals surface area contributed by atoms with Crippen molar-refractivity contribution < 1.29 is 18.4 Å². The number of likely N-dealkylation sites (N-methyl/N-ethyl adjacent to an activating group) is 1. The van der Waals surface area contributed by atoms with Crippen LogP contribution in [0.25, 0.3) is 0 Å². The van der Waals surface area contributed by atoms with Gasteiger partial charge in [0.25, 0.3) is 0 Å². The third kappa shape index (κ3) is 3.80. The van der Waals surface area contributed by atoms with Crippen molar-refractivity contribution in [3.8, 4) is 0 Å². The van der Waals surface area contributed by atoms with E-state index in [1.807, 2.05) is 0 Å². The first-order chi connectivity index (χ1) is 9.37. The second-order valence-corrected chi connectivity index (χ2v) is 5.72. The van der Waals surface area contributed by atoms with Crippen molar-refractivity contribution in [3.05, 3.63) is 0 Å². The number of carbonyl (C=O) groups excluding carboxylic acids is 2. The molecule has 1 saturated carbocycles. The summed E-state index contributed by atoms with van der Waals surface area (Å²) in [6.45, 7) is 1.54. The SMILES string of the molecule is CN1CCN(C(=O)NCC2CCC(F)(F)CC2)CC1=O. The van der Waals surface area contributed by atoms with E-state index in [4.69, 9.17) is 0 Å². The molecular weight excluding hydrogens is 268 g/mol. The number of amides is 3. The summed E-state index contributed by atoms with van der Waals surface area (Å²) in [6, 6.07) is -0.274. The van der Waals surface area contributed by atoms with Crippen LogP contribution in [-0.4, -0.2) is 60.9 Å². The lowest BCUT2D eigenvalue weighted by Crippen LogP contribution is -2.54. The summed E-state index contributed by atoms with van der Waals surface area (Å²) in [5.74, 6) is -2.50. The topological polar surface area (TPSA) is 52.6 Å². The van der Waals surface area contributed by atoms with Gasteiger partial charge in [-0.05, 0) is 18.8 Å². The first-order valence-electron chi connectivity index (χ1n) is 7.02. The van der Waals surface area contributed by atoms with Crippen molar-refractivity contribution in [1.29, 1.82) is 0 Å². The highest BCUT2D eigenvalue weighted by Gasteiger charge is 2.35. The minimum Gasteiger partial charge on any atom is -0.342 e. The van der Waals surface area contributed by atoms with Crippen LogP contribution in [0.4, 0.5) is 13.6 Å². The molecular formula is C13H21F2N3O2. The van der Waals surface area contributed by atoms with Gasteiger partial charge in [0.2, 0.25) is 11.8 Å². The highest BCUT2D eigenvalue weighted by atomic mass is 19.3. The Balaban J connectivity index is 1.72. The molecule has 0 radical (unpaired) electrons. The number of halogens is 2. The Hall–Kier alpha value is -1.40. The predicted molar refractivity (Wildman–Crippen MR) is 69.5 cm³/mol. The van der Waals surface area contributed by atoms with Crippen LogP contribution in [0.5, 0.6) is 0 Å². The van der Waals surface area contributed by atoms with Gasteiger partial charge in [-0.25, -0.2) is 13.6 Å². The van der Waals surface area contributed by atoms with Gasteiger partial charge in [0, 0.05) is 39.5 Å². The van der Waals surface area contributed by atoms with Gasteiger partial charge in [-0.15, -0.1) is 0 Å². The molecule has 0 atom stereocenters. The monoisotopic (exact) mass is 289 g/mol. The van der Waals surface area contributed by atoms with Crippen LogP contribution >= 0.6 is 0 Å². The van der Waals surface area contributed by atoms with Crippen molar-refractivity contribution in [1.82, 2.24) is 15.1 Å². The normalized spacial score (nSPS) is 23.9. The summed E-state index contributed by atoms with van der Waals surface area (Å²) in [5, 5.41) is 2.76. The number of nitrogens with one attached hydrogen (secondary N) is 1. The van der Waals surface area contributed by atoms with Crippen LogP contribution in [-0.2, 0) is 4.79 Å². The smallest absolute Gasteiger partial charge is 0.317 e. The largest absolute Gasteiger partial charge is 0.342 e. The fraction of sp³-hybridized carbons (Fsp3) is 0.846. The van der Waals surface area contributed by atoms with Crippen molar-refractivity contribution in [3.63, 3.8) is 0 Å². The number of hydrogen-bond acceptors (Lipinski definition) is 2. The molecule has 3 amide bonds. The van der Waals surface area contributed by atoms with E-state index in [0.29, 0.717) is 32.5 Å². The number of hydrogen-bond donors (Lipinski definition) is 1. The highest BCUT2D eigenvalue weighted by molar-refractivity contribution is 5.85. The number of piperazine rings is 1. The first-order valence-corrected chi connectivity index (χ1v) is 7.02. The predicted octanol–water partition coefficient (Wildman–Crippen LogP) is 1.30. The molecule has 2 rings (SSSR count). The number of urea groups is 1. The molecule has 0 unspecified atom stereocenters. The third-order valence-corrected chi connectivity index (χ3v) is 4.12. The second kappa shape index (κ2) is 5.93. The Kier molecular flexibility index (Phi) is 4.45. The van der Waals surface area contributed by atoms with Gasteiger partial charge in [-0.2, -0.15) is 0 Å². The maximum Gasteiger partial charge on any atom is 0.317 e. The van der Waals surface area contributed by atoms with Gasteiger partial charge >= 0.3 is 6.03 Å².